The molecule has 4 nitrogen and oxygen atoms in total. The first kappa shape index (κ1) is 24.7. The Bertz CT molecular complexity index is 728. The first-order valence-corrected chi connectivity index (χ1v) is 16.2. The SMILES string of the molecule is C[C@@H](O)[C@H]1CC[C@H]2[C@@H]3CC[C@H]4C[C@H](O[Si](C)(C)C(C)(C)C)CC[C@]4(C)[C@H]3CC[C@]12C(=O)O. The van der Waals surface area contributed by atoms with Crippen LogP contribution in [-0.2, 0) is 9.22 Å². The zero-order chi connectivity index (χ0) is 23.7. The lowest BCUT2D eigenvalue weighted by atomic mass is 9.44. The fraction of sp³-hybridized carbons (Fsp3) is 0.963. The van der Waals surface area contributed by atoms with Gasteiger partial charge in [0.25, 0.3) is 0 Å². The van der Waals surface area contributed by atoms with Crippen molar-refractivity contribution < 1.29 is 19.4 Å². The summed E-state index contributed by atoms with van der Waals surface area (Å²) in [4.78, 5) is 12.6. The van der Waals surface area contributed by atoms with Crippen molar-refractivity contribution in [3.05, 3.63) is 0 Å². The monoisotopic (exact) mass is 464 g/mol. The zero-order valence-electron chi connectivity index (χ0n) is 21.6. The summed E-state index contributed by atoms with van der Waals surface area (Å²) < 4.78 is 6.86. The third-order valence-corrected chi connectivity index (χ3v) is 16.0. The fourth-order valence-electron chi connectivity index (χ4n) is 8.73. The van der Waals surface area contributed by atoms with Crippen molar-refractivity contribution in [2.45, 2.75) is 123 Å². The molecule has 4 fully saturated rings. The van der Waals surface area contributed by atoms with Gasteiger partial charge >= 0.3 is 5.97 Å². The minimum absolute atomic E-state index is 0.0785. The Kier molecular flexibility index (Phi) is 6.25. The average Bonchev–Trinajstić information content (AvgIpc) is 3.08. The molecule has 4 rings (SSSR count). The molecule has 4 saturated carbocycles. The molecule has 0 saturated heterocycles. The van der Waals surface area contributed by atoms with E-state index in [2.05, 4.69) is 40.8 Å². The van der Waals surface area contributed by atoms with Crippen molar-refractivity contribution in [2.24, 2.45) is 40.4 Å². The van der Waals surface area contributed by atoms with Crippen LogP contribution in [0.2, 0.25) is 18.1 Å². The van der Waals surface area contributed by atoms with Crippen molar-refractivity contribution in [1.29, 1.82) is 0 Å². The molecule has 0 heterocycles. The number of carbonyl (C=O) groups is 1. The van der Waals surface area contributed by atoms with E-state index in [0.717, 1.165) is 32.1 Å². The number of aliphatic hydroxyl groups is 1. The van der Waals surface area contributed by atoms with Crippen LogP contribution in [0.5, 0.6) is 0 Å². The Morgan fingerprint density at radius 2 is 1.72 bits per heavy atom. The van der Waals surface area contributed by atoms with Gasteiger partial charge in [-0.1, -0.05) is 27.7 Å². The van der Waals surface area contributed by atoms with Gasteiger partial charge in [0, 0.05) is 12.0 Å². The molecule has 0 aromatic heterocycles. The lowest BCUT2D eigenvalue weighted by Gasteiger charge is -2.61. The van der Waals surface area contributed by atoms with Gasteiger partial charge in [0.15, 0.2) is 8.32 Å². The number of hydrogen-bond acceptors (Lipinski definition) is 3. The quantitative estimate of drug-likeness (QED) is 0.467. The number of rotatable bonds is 4. The lowest BCUT2D eigenvalue weighted by molar-refractivity contribution is -0.176. The van der Waals surface area contributed by atoms with Crippen LogP contribution in [0.25, 0.3) is 0 Å². The fourth-order valence-corrected chi connectivity index (χ4v) is 10.1. The van der Waals surface area contributed by atoms with E-state index in [1.807, 2.05) is 6.92 Å². The molecule has 4 aliphatic rings. The number of fused-ring (bicyclic) bond motifs is 5. The lowest BCUT2D eigenvalue weighted by Crippen LogP contribution is -2.57. The van der Waals surface area contributed by atoms with Crippen LogP contribution in [0, 0.1) is 40.4 Å². The maximum absolute atomic E-state index is 12.6. The van der Waals surface area contributed by atoms with Gasteiger partial charge in [-0.2, -0.15) is 0 Å². The molecule has 0 radical (unpaired) electrons. The van der Waals surface area contributed by atoms with E-state index < -0.39 is 25.8 Å². The summed E-state index contributed by atoms with van der Waals surface area (Å²) in [6, 6.07) is 0. The van der Waals surface area contributed by atoms with Gasteiger partial charge in [-0.15, -0.1) is 0 Å². The van der Waals surface area contributed by atoms with Crippen LogP contribution >= 0.6 is 0 Å². The molecule has 184 valence electrons. The second-order valence-corrected chi connectivity index (χ2v) is 18.5. The molecule has 0 bridgehead atoms. The van der Waals surface area contributed by atoms with E-state index in [-0.39, 0.29) is 16.9 Å². The predicted octanol–water partition coefficient (Wildman–Crippen LogP) is 6.48. The van der Waals surface area contributed by atoms with Crippen LogP contribution < -0.4 is 0 Å². The van der Waals surface area contributed by atoms with Crippen molar-refractivity contribution >= 4 is 14.3 Å². The highest BCUT2D eigenvalue weighted by molar-refractivity contribution is 6.74. The van der Waals surface area contributed by atoms with Crippen LogP contribution in [0.4, 0.5) is 0 Å². The standard InChI is InChI=1S/C27H48O4Si/c1-17(28)21-10-11-23-20-9-8-18-16-19(31-32(6,7)25(2,3)4)12-14-26(18,5)22(20)13-15-27(21,23)24(29)30/h17-23,28H,8-16H2,1-7H3,(H,29,30)/t17-,18+,19-,20-,21-,22+,23+,26+,27+/m1/s1. The third-order valence-electron chi connectivity index (χ3n) is 11.4. The van der Waals surface area contributed by atoms with Gasteiger partial charge in [-0.05, 0) is 112 Å². The number of carboxylic acid groups (broad SMARTS) is 1. The van der Waals surface area contributed by atoms with Gasteiger partial charge in [-0.3, -0.25) is 4.79 Å². The first-order valence-electron chi connectivity index (χ1n) is 13.3. The molecule has 5 heteroatoms. The zero-order valence-corrected chi connectivity index (χ0v) is 22.6. The maximum atomic E-state index is 12.6. The second kappa shape index (κ2) is 8.08. The van der Waals surface area contributed by atoms with Crippen molar-refractivity contribution in [1.82, 2.24) is 0 Å². The van der Waals surface area contributed by atoms with E-state index in [1.165, 1.54) is 25.7 Å². The maximum Gasteiger partial charge on any atom is 0.310 e. The first-order chi connectivity index (χ1) is 14.7. The molecule has 0 aromatic carbocycles. The van der Waals surface area contributed by atoms with Gasteiger partial charge in [-0.25, -0.2) is 0 Å². The normalized spacial score (nSPS) is 45.5. The summed E-state index contributed by atoms with van der Waals surface area (Å²) in [5.41, 5.74) is -0.370. The second-order valence-electron chi connectivity index (χ2n) is 13.7. The highest BCUT2D eigenvalue weighted by Gasteiger charge is 2.65. The van der Waals surface area contributed by atoms with Crippen LogP contribution in [0.15, 0.2) is 0 Å². The van der Waals surface area contributed by atoms with Crippen molar-refractivity contribution in [3.63, 3.8) is 0 Å². The molecule has 9 atom stereocenters. The largest absolute Gasteiger partial charge is 0.481 e. The Morgan fingerprint density at radius 1 is 1.03 bits per heavy atom. The number of aliphatic hydroxyl groups excluding tert-OH is 1. The van der Waals surface area contributed by atoms with Gasteiger partial charge in [0.1, 0.15) is 0 Å². The summed E-state index contributed by atoms with van der Waals surface area (Å²) in [6.07, 6.45) is 9.50. The third kappa shape index (κ3) is 3.64. The summed E-state index contributed by atoms with van der Waals surface area (Å²) in [7, 11) is -1.76. The number of aliphatic carboxylic acids is 1. The van der Waals surface area contributed by atoms with Gasteiger partial charge < -0.3 is 14.6 Å². The molecular formula is C27H48O4Si. The van der Waals surface area contributed by atoms with E-state index in [9.17, 15) is 15.0 Å². The van der Waals surface area contributed by atoms with Crippen molar-refractivity contribution in [2.75, 3.05) is 0 Å². The minimum atomic E-state index is -1.76. The minimum Gasteiger partial charge on any atom is -0.481 e. The molecule has 32 heavy (non-hydrogen) atoms. The van der Waals surface area contributed by atoms with Crippen LogP contribution in [0.1, 0.15) is 92.4 Å². The Balaban J connectivity index is 1.52. The molecule has 0 amide bonds. The van der Waals surface area contributed by atoms with Gasteiger partial charge in [0.05, 0.1) is 11.5 Å². The summed E-state index contributed by atoms with van der Waals surface area (Å²) in [6.45, 7) is 16.1. The summed E-state index contributed by atoms with van der Waals surface area (Å²) >= 11 is 0. The molecule has 0 aromatic rings. The van der Waals surface area contributed by atoms with Gasteiger partial charge in [0.2, 0.25) is 0 Å². The molecular weight excluding hydrogens is 416 g/mol. The number of hydrogen-bond donors (Lipinski definition) is 2. The Morgan fingerprint density at radius 3 is 2.31 bits per heavy atom. The van der Waals surface area contributed by atoms with Crippen molar-refractivity contribution in [3.8, 4) is 0 Å². The molecule has 0 unspecified atom stereocenters. The van der Waals surface area contributed by atoms with E-state index in [0.29, 0.717) is 29.3 Å². The predicted molar refractivity (Wildman–Crippen MR) is 131 cm³/mol. The summed E-state index contributed by atoms with van der Waals surface area (Å²) in [5.74, 6) is 1.40. The highest BCUT2D eigenvalue weighted by Crippen LogP contribution is 2.68. The number of carboxylic acids is 1. The molecule has 0 aliphatic heterocycles. The van der Waals surface area contributed by atoms with Crippen LogP contribution in [-0.4, -0.2) is 36.7 Å². The summed E-state index contributed by atoms with van der Waals surface area (Å²) in [5, 5.41) is 21.1. The van der Waals surface area contributed by atoms with E-state index >= 15 is 0 Å². The Labute approximate surface area is 197 Å². The van der Waals surface area contributed by atoms with E-state index in [1.54, 1.807) is 0 Å². The molecule has 2 N–H and O–H groups in total. The van der Waals surface area contributed by atoms with Crippen LogP contribution in [0.3, 0.4) is 0 Å². The topological polar surface area (TPSA) is 66.8 Å². The smallest absolute Gasteiger partial charge is 0.310 e. The molecule has 4 aliphatic carbocycles. The highest BCUT2D eigenvalue weighted by atomic mass is 28.4. The Hall–Kier alpha value is -0.393. The average molecular weight is 465 g/mol. The van der Waals surface area contributed by atoms with E-state index in [4.69, 9.17) is 4.43 Å². The molecule has 0 spiro atoms.